The molecule has 28 heavy (non-hydrogen) atoms. The lowest BCUT2D eigenvalue weighted by Gasteiger charge is -2.60. The molecule has 144 valence electrons. The number of hydrogen-bond acceptors (Lipinski definition) is 5. The highest BCUT2D eigenvalue weighted by Gasteiger charge is 2.51. The molecule has 0 amide bonds. The molecule has 4 bridgehead atoms. The van der Waals surface area contributed by atoms with Gasteiger partial charge in [-0.1, -0.05) is 48.0 Å². The lowest BCUT2D eigenvalue weighted by atomic mass is 9.74. The van der Waals surface area contributed by atoms with Gasteiger partial charge < -0.3 is 0 Å². The number of benzene rings is 2. The monoisotopic (exact) mass is 397 g/mol. The molecule has 7 heteroatoms. The second kappa shape index (κ2) is 7.04. The SMILES string of the molecule is Fc1cccc(Cl)c1C=NN=C(c1ccccc1)C12CN3CN(CN(C3)C1)C2. The molecule has 0 atom stereocenters. The van der Waals surface area contributed by atoms with E-state index in [1.807, 2.05) is 18.2 Å². The highest BCUT2D eigenvalue weighted by atomic mass is 35.5. The van der Waals surface area contributed by atoms with Crippen molar-refractivity contribution in [3.63, 3.8) is 0 Å². The summed E-state index contributed by atoms with van der Waals surface area (Å²) in [6, 6.07) is 14.8. The summed E-state index contributed by atoms with van der Waals surface area (Å²) in [5.41, 5.74) is 2.18. The van der Waals surface area contributed by atoms with Crippen LogP contribution in [0, 0.1) is 11.2 Å². The Balaban J connectivity index is 1.55. The van der Waals surface area contributed by atoms with Crippen LogP contribution in [0.3, 0.4) is 0 Å². The normalized spacial score (nSPS) is 31.6. The Morgan fingerprint density at radius 2 is 1.57 bits per heavy atom. The first-order valence-electron chi connectivity index (χ1n) is 9.41. The molecule has 0 unspecified atom stereocenters. The summed E-state index contributed by atoms with van der Waals surface area (Å²) < 4.78 is 14.1. The van der Waals surface area contributed by atoms with E-state index in [1.165, 1.54) is 12.3 Å². The van der Waals surface area contributed by atoms with Crippen molar-refractivity contribution in [3.8, 4) is 0 Å². The van der Waals surface area contributed by atoms with E-state index < -0.39 is 5.82 Å². The highest BCUT2D eigenvalue weighted by molar-refractivity contribution is 6.33. The molecule has 4 aliphatic rings. The quantitative estimate of drug-likeness (QED) is 0.587. The van der Waals surface area contributed by atoms with Crippen molar-refractivity contribution in [1.29, 1.82) is 0 Å². The number of rotatable bonds is 4. The van der Waals surface area contributed by atoms with Crippen LogP contribution in [0.2, 0.25) is 5.02 Å². The molecule has 0 saturated carbocycles. The largest absolute Gasteiger partial charge is 0.276 e. The van der Waals surface area contributed by atoms with Gasteiger partial charge in [-0.15, -0.1) is 0 Å². The summed E-state index contributed by atoms with van der Waals surface area (Å²) >= 11 is 6.12. The summed E-state index contributed by atoms with van der Waals surface area (Å²) in [4.78, 5) is 7.35. The molecule has 4 heterocycles. The van der Waals surface area contributed by atoms with Crippen molar-refractivity contribution in [2.24, 2.45) is 15.6 Å². The van der Waals surface area contributed by atoms with Gasteiger partial charge in [-0.2, -0.15) is 10.2 Å². The van der Waals surface area contributed by atoms with Crippen LogP contribution in [0.4, 0.5) is 4.39 Å². The molecule has 5 nitrogen and oxygen atoms in total. The highest BCUT2D eigenvalue weighted by Crippen LogP contribution is 2.38. The maximum atomic E-state index is 14.1. The first kappa shape index (κ1) is 17.9. The van der Waals surface area contributed by atoms with Crippen LogP contribution in [0.1, 0.15) is 11.1 Å². The van der Waals surface area contributed by atoms with E-state index in [4.69, 9.17) is 11.6 Å². The average Bonchev–Trinajstić information content (AvgIpc) is 2.66. The zero-order valence-electron chi connectivity index (χ0n) is 15.4. The average molecular weight is 398 g/mol. The van der Waals surface area contributed by atoms with E-state index in [9.17, 15) is 4.39 Å². The minimum atomic E-state index is -0.397. The molecule has 4 saturated heterocycles. The van der Waals surface area contributed by atoms with Crippen LogP contribution in [-0.2, 0) is 0 Å². The Morgan fingerprint density at radius 1 is 0.929 bits per heavy atom. The van der Waals surface area contributed by atoms with E-state index in [0.717, 1.165) is 50.9 Å². The first-order chi connectivity index (χ1) is 13.6. The molecule has 0 aliphatic carbocycles. The van der Waals surface area contributed by atoms with Crippen molar-refractivity contribution >= 4 is 23.5 Å². The van der Waals surface area contributed by atoms with E-state index in [-0.39, 0.29) is 11.0 Å². The molecule has 4 aliphatic heterocycles. The smallest absolute Gasteiger partial charge is 0.133 e. The van der Waals surface area contributed by atoms with E-state index in [1.54, 1.807) is 12.1 Å². The van der Waals surface area contributed by atoms with Gasteiger partial charge in [0, 0.05) is 25.2 Å². The summed E-state index contributed by atoms with van der Waals surface area (Å²) in [5.74, 6) is -0.397. The fourth-order valence-corrected chi connectivity index (χ4v) is 5.00. The molecule has 2 aromatic rings. The van der Waals surface area contributed by atoms with Crippen LogP contribution < -0.4 is 0 Å². The maximum Gasteiger partial charge on any atom is 0.133 e. The molecule has 6 rings (SSSR count). The minimum absolute atomic E-state index is 0.105. The van der Waals surface area contributed by atoms with Crippen LogP contribution in [-0.4, -0.2) is 66.3 Å². The third-order valence-corrected chi connectivity index (χ3v) is 6.00. The maximum absolute atomic E-state index is 14.1. The topological polar surface area (TPSA) is 34.4 Å². The third kappa shape index (κ3) is 3.16. The number of halogens is 2. The Labute approximate surface area is 168 Å². The molecule has 0 N–H and O–H groups in total. The molecular weight excluding hydrogens is 377 g/mol. The predicted octanol–water partition coefficient (Wildman–Crippen LogP) is 3.11. The van der Waals surface area contributed by atoms with Crippen molar-refractivity contribution in [3.05, 3.63) is 70.5 Å². The van der Waals surface area contributed by atoms with Crippen molar-refractivity contribution in [1.82, 2.24) is 14.7 Å². The van der Waals surface area contributed by atoms with Gasteiger partial charge in [-0.25, -0.2) is 4.39 Å². The van der Waals surface area contributed by atoms with Crippen LogP contribution in [0.5, 0.6) is 0 Å². The van der Waals surface area contributed by atoms with Gasteiger partial charge in [0.25, 0.3) is 0 Å². The van der Waals surface area contributed by atoms with Crippen molar-refractivity contribution in [2.45, 2.75) is 0 Å². The van der Waals surface area contributed by atoms with Crippen molar-refractivity contribution < 1.29 is 4.39 Å². The summed E-state index contributed by atoms with van der Waals surface area (Å²) in [6.07, 6.45) is 1.42. The molecular formula is C21H21ClFN5. The van der Waals surface area contributed by atoms with Gasteiger partial charge >= 0.3 is 0 Å². The molecule has 4 fully saturated rings. The summed E-state index contributed by atoms with van der Waals surface area (Å²) in [5, 5.41) is 9.25. The Hall–Kier alpha value is -2.12. The fourth-order valence-electron chi connectivity index (χ4n) is 4.79. The Morgan fingerprint density at radius 3 is 2.18 bits per heavy atom. The van der Waals surface area contributed by atoms with Gasteiger partial charge in [-0.3, -0.25) is 14.7 Å². The molecule has 0 radical (unpaired) electrons. The van der Waals surface area contributed by atoms with Gasteiger partial charge in [-0.05, 0) is 17.7 Å². The minimum Gasteiger partial charge on any atom is -0.276 e. The second-order valence-corrected chi connectivity index (χ2v) is 8.29. The standard InChI is InChI=1S/C21H21ClFN5/c22-18-7-4-8-19(23)17(18)9-24-25-20(16-5-2-1-3-6-16)21-10-26-13-27(11-21)15-28(12-21)14-26/h1-9H,10-15H2. The lowest BCUT2D eigenvalue weighted by Crippen LogP contribution is -2.74. The first-order valence-corrected chi connectivity index (χ1v) is 9.79. The van der Waals surface area contributed by atoms with Gasteiger partial charge in [0.2, 0.25) is 0 Å². The second-order valence-electron chi connectivity index (χ2n) is 7.89. The molecule has 2 aromatic carbocycles. The predicted molar refractivity (Wildman–Crippen MR) is 109 cm³/mol. The van der Waals surface area contributed by atoms with E-state index >= 15 is 0 Å². The van der Waals surface area contributed by atoms with Crippen LogP contribution in [0.25, 0.3) is 0 Å². The zero-order chi connectivity index (χ0) is 19.1. The van der Waals surface area contributed by atoms with E-state index in [0.29, 0.717) is 5.02 Å². The Bertz CT molecular complexity index is 888. The zero-order valence-corrected chi connectivity index (χ0v) is 16.2. The summed E-state index contributed by atoms with van der Waals surface area (Å²) in [7, 11) is 0. The molecule has 0 aromatic heterocycles. The van der Waals surface area contributed by atoms with Crippen molar-refractivity contribution in [2.75, 3.05) is 39.6 Å². The van der Waals surface area contributed by atoms with Gasteiger partial charge in [0.1, 0.15) is 5.82 Å². The van der Waals surface area contributed by atoms with Gasteiger partial charge in [0.15, 0.2) is 0 Å². The van der Waals surface area contributed by atoms with Crippen LogP contribution in [0.15, 0.2) is 58.7 Å². The fraction of sp³-hybridized carbons (Fsp3) is 0.333. The van der Waals surface area contributed by atoms with Gasteiger partial charge in [0.05, 0.1) is 42.4 Å². The van der Waals surface area contributed by atoms with Crippen LogP contribution >= 0.6 is 11.6 Å². The summed E-state index contributed by atoms with van der Waals surface area (Å²) in [6.45, 7) is 5.91. The van der Waals surface area contributed by atoms with E-state index in [2.05, 4.69) is 37.0 Å². The number of hydrogen-bond donors (Lipinski definition) is 0. The molecule has 0 spiro atoms. The third-order valence-electron chi connectivity index (χ3n) is 5.67. The Kier molecular flexibility index (Phi) is 4.51. The lowest BCUT2D eigenvalue weighted by molar-refractivity contribution is -0.149. The number of nitrogens with zero attached hydrogens (tertiary/aromatic N) is 5.